The zero-order chi connectivity index (χ0) is 13.0. The molecule has 0 aliphatic heterocycles. The predicted molar refractivity (Wildman–Crippen MR) is 69.8 cm³/mol. The highest BCUT2D eigenvalue weighted by molar-refractivity contribution is 5.54. The SMILES string of the molecule is CC(C)CCN(C)c1ccc(F)cc1C(C)O. The maximum Gasteiger partial charge on any atom is 0.123 e. The van der Waals surface area contributed by atoms with Gasteiger partial charge in [0.15, 0.2) is 0 Å². The van der Waals surface area contributed by atoms with Crippen molar-refractivity contribution < 1.29 is 9.50 Å². The molecule has 1 aromatic carbocycles. The van der Waals surface area contributed by atoms with Gasteiger partial charge in [-0.25, -0.2) is 4.39 Å². The van der Waals surface area contributed by atoms with Gasteiger partial charge in [-0.1, -0.05) is 13.8 Å². The summed E-state index contributed by atoms with van der Waals surface area (Å²) in [6.45, 7) is 6.92. The van der Waals surface area contributed by atoms with E-state index in [0.717, 1.165) is 18.7 Å². The van der Waals surface area contributed by atoms with E-state index in [1.54, 1.807) is 13.0 Å². The maximum absolute atomic E-state index is 13.2. The summed E-state index contributed by atoms with van der Waals surface area (Å²) in [4.78, 5) is 2.07. The third kappa shape index (κ3) is 4.00. The fraction of sp³-hybridized carbons (Fsp3) is 0.571. The van der Waals surface area contributed by atoms with E-state index in [1.165, 1.54) is 12.1 Å². The van der Waals surface area contributed by atoms with Crippen LogP contribution >= 0.6 is 0 Å². The van der Waals surface area contributed by atoms with Crippen molar-refractivity contribution in [3.8, 4) is 0 Å². The van der Waals surface area contributed by atoms with Crippen molar-refractivity contribution in [2.75, 3.05) is 18.5 Å². The van der Waals surface area contributed by atoms with E-state index in [9.17, 15) is 9.50 Å². The summed E-state index contributed by atoms with van der Waals surface area (Å²) < 4.78 is 13.2. The number of hydrogen-bond acceptors (Lipinski definition) is 2. The molecule has 96 valence electrons. The molecule has 0 saturated heterocycles. The van der Waals surface area contributed by atoms with Crippen LogP contribution in [0.15, 0.2) is 18.2 Å². The van der Waals surface area contributed by atoms with E-state index in [0.29, 0.717) is 11.5 Å². The topological polar surface area (TPSA) is 23.5 Å². The van der Waals surface area contributed by atoms with Gasteiger partial charge in [-0.05, 0) is 37.5 Å². The summed E-state index contributed by atoms with van der Waals surface area (Å²) in [6, 6.07) is 4.58. The molecule has 0 saturated carbocycles. The third-order valence-electron chi connectivity index (χ3n) is 2.89. The summed E-state index contributed by atoms with van der Waals surface area (Å²) in [7, 11) is 1.97. The van der Waals surface area contributed by atoms with Crippen LogP contribution in [-0.2, 0) is 0 Å². The first-order chi connectivity index (χ1) is 7.91. The van der Waals surface area contributed by atoms with Gasteiger partial charge >= 0.3 is 0 Å². The molecular formula is C14H22FNO. The van der Waals surface area contributed by atoms with E-state index in [1.807, 2.05) is 7.05 Å². The van der Waals surface area contributed by atoms with E-state index in [4.69, 9.17) is 0 Å². The minimum Gasteiger partial charge on any atom is -0.389 e. The monoisotopic (exact) mass is 239 g/mol. The number of aliphatic hydroxyl groups is 1. The molecule has 0 amide bonds. The molecule has 3 heteroatoms. The highest BCUT2D eigenvalue weighted by atomic mass is 19.1. The number of rotatable bonds is 5. The first-order valence-corrected chi connectivity index (χ1v) is 6.10. The summed E-state index contributed by atoms with van der Waals surface area (Å²) >= 11 is 0. The lowest BCUT2D eigenvalue weighted by Gasteiger charge is -2.24. The Balaban J connectivity index is 2.88. The van der Waals surface area contributed by atoms with Crippen LogP contribution in [0.2, 0.25) is 0 Å². The minimum absolute atomic E-state index is 0.304. The Bertz CT molecular complexity index is 363. The van der Waals surface area contributed by atoms with E-state index in [-0.39, 0.29) is 5.82 Å². The molecule has 0 aromatic heterocycles. The first-order valence-electron chi connectivity index (χ1n) is 6.10. The average molecular weight is 239 g/mol. The molecule has 0 fully saturated rings. The number of aliphatic hydroxyl groups excluding tert-OH is 1. The van der Waals surface area contributed by atoms with Gasteiger partial charge in [0.1, 0.15) is 5.82 Å². The van der Waals surface area contributed by atoms with Crippen LogP contribution in [0.4, 0.5) is 10.1 Å². The quantitative estimate of drug-likeness (QED) is 0.851. The summed E-state index contributed by atoms with van der Waals surface area (Å²) in [6.07, 6.45) is 0.426. The van der Waals surface area contributed by atoms with Crippen molar-refractivity contribution in [3.05, 3.63) is 29.6 Å². The molecule has 0 aliphatic rings. The van der Waals surface area contributed by atoms with Crippen molar-refractivity contribution in [1.29, 1.82) is 0 Å². The number of halogens is 1. The Morgan fingerprint density at radius 1 is 1.29 bits per heavy atom. The van der Waals surface area contributed by atoms with Crippen molar-refractivity contribution in [2.24, 2.45) is 5.92 Å². The minimum atomic E-state index is -0.651. The van der Waals surface area contributed by atoms with Gasteiger partial charge in [0.2, 0.25) is 0 Å². The average Bonchev–Trinajstić information content (AvgIpc) is 2.25. The lowest BCUT2D eigenvalue weighted by molar-refractivity contribution is 0.199. The second-order valence-electron chi connectivity index (χ2n) is 4.98. The van der Waals surface area contributed by atoms with Gasteiger partial charge < -0.3 is 10.0 Å². The van der Waals surface area contributed by atoms with Crippen LogP contribution in [0, 0.1) is 11.7 Å². The number of anilines is 1. The Labute approximate surface area is 103 Å². The fourth-order valence-electron chi connectivity index (χ4n) is 1.78. The molecule has 0 aliphatic carbocycles. The molecule has 0 bridgehead atoms. The third-order valence-corrected chi connectivity index (χ3v) is 2.89. The molecule has 1 aromatic rings. The Morgan fingerprint density at radius 3 is 2.47 bits per heavy atom. The highest BCUT2D eigenvalue weighted by Gasteiger charge is 2.12. The highest BCUT2D eigenvalue weighted by Crippen LogP contribution is 2.26. The van der Waals surface area contributed by atoms with Gasteiger partial charge in [0, 0.05) is 24.8 Å². The van der Waals surface area contributed by atoms with E-state index < -0.39 is 6.10 Å². The van der Waals surface area contributed by atoms with Crippen molar-refractivity contribution >= 4 is 5.69 Å². The van der Waals surface area contributed by atoms with Gasteiger partial charge in [-0.15, -0.1) is 0 Å². The molecule has 1 unspecified atom stereocenters. The number of benzene rings is 1. The number of hydrogen-bond donors (Lipinski definition) is 1. The molecule has 17 heavy (non-hydrogen) atoms. The Morgan fingerprint density at radius 2 is 1.94 bits per heavy atom. The maximum atomic E-state index is 13.2. The van der Waals surface area contributed by atoms with Crippen LogP contribution < -0.4 is 4.90 Å². The van der Waals surface area contributed by atoms with E-state index >= 15 is 0 Å². The molecule has 0 radical (unpaired) electrons. The van der Waals surface area contributed by atoms with Crippen molar-refractivity contribution in [3.63, 3.8) is 0 Å². The van der Waals surface area contributed by atoms with Crippen LogP contribution in [0.25, 0.3) is 0 Å². The van der Waals surface area contributed by atoms with Crippen LogP contribution in [0.1, 0.15) is 38.9 Å². The Kier molecular flexibility index (Phi) is 4.94. The molecule has 0 heterocycles. The normalized spacial score (nSPS) is 12.9. The van der Waals surface area contributed by atoms with Crippen LogP contribution in [-0.4, -0.2) is 18.7 Å². The second-order valence-corrected chi connectivity index (χ2v) is 4.98. The van der Waals surface area contributed by atoms with Gasteiger partial charge in [-0.2, -0.15) is 0 Å². The summed E-state index contributed by atoms with van der Waals surface area (Å²) in [5, 5.41) is 9.66. The Hall–Kier alpha value is -1.09. The van der Waals surface area contributed by atoms with Gasteiger partial charge in [-0.3, -0.25) is 0 Å². The van der Waals surface area contributed by atoms with Crippen molar-refractivity contribution in [2.45, 2.75) is 33.3 Å². The first kappa shape index (κ1) is 14.0. The lowest BCUT2D eigenvalue weighted by Crippen LogP contribution is -2.21. The lowest BCUT2D eigenvalue weighted by atomic mass is 10.1. The molecular weight excluding hydrogens is 217 g/mol. The predicted octanol–water partition coefficient (Wildman–Crippen LogP) is 3.36. The van der Waals surface area contributed by atoms with Gasteiger partial charge in [0.05, 0.1) is 6.10 Å². The zero-order valence-corrected chi connectivity index (χ0v) is 11.1. The van der Waals surface area contributed by atoms with Gasteiger partial charge in [0.25, 0.3) is 0 Å². The van der Waals surface area contributed by atoms with Crippen LogP contribution in [0.3, 0.4) is 0 Å². The largest absolute Gasteiger partial charge is 0.389 e. The number of nitrogens with zero attached hydrogens (tertiary/aromatic N) is 1. The molecule has 1 rings (SSSR count). The molecule has 1 N–H and O–H groups in total. The van der Waals surface area contributed by atoms with Crippen LogP contribution in [0.5, 0.6) is 0 Å². The molecule has 1 atom stereocenters. The van der Waals surface area contributed by atoms with Crippen molar-refractivity contribution in [1.82, 2.24) is 0 Å². The zero-order valence-electron chi connectivity index (χ0n) is 11.1. The summed E-state index contributed by atoms with van der Waals surface area (Å²) in [5.74, 6) is 0.329. The standard InChI is InChI=1S/C14H22FNO/c1-10(2)7-8-16(4)14-6-5-12(15)9-13(14)11(3)17/h5-6,9-11,17H,7-8H2,1-4H3. The summed E-state index contributed by atoms with van der Waals surface area (Å²) in [5.41, 5.74) is 1.55. The molecule has 0 spiro atoms. The van der Waals surface area contributed by atoms with E-state index in [2.05, 4.69) is 18.7 Å². The fourth-order valence-corrected chi connectivity index (χ4v) is 1.78. The smallest absolute Gasteiger partial charge is 0.123 e. The molecule has 2 nitrogen and oxygen atoms in total. The second kappa shape index (κ2) is 6.01.